The van der Waals surface area contributed by atoms with Gasteiger partial charge in [-0.1, -0.05) is 36.8 Å². The zero-order chi connectivity index (χ0) is 32.3. The van der Waals surface area contributed by atoms with Crippen molar-refractivity contribution >= 4 is 41.4 Å². The minimum absolute atomic E-state index is 0.121. The Labute approximate surface area is 255 Å². The van der Waals surface area contributed by atoms with Gasteiger partial charge in [0.2, 0.25) is 41.4 Å². The lowest BCUT2D eigenvalue weighted by Gasteiger charge is -2.20. The average Bonchev–Trinajstić information content (AvgIpc) is 3.32. The van der Waals surface area contributed by atoms with E-state index in [1.165, 1.54) is 17.1 Å². The maximum absolute atomic E-state index is 12.8. The van der Waals surface area contributed by atoms with Crippen molar-refractivity contribution in [3.05, 3.63) is 48.0 Å². The van der Waals surface area contributed by atoms with Crippen molar-refractivity contribution in [3.63, 3.8) is 0 Å². The van der Waals surface area contributed by atoms with Crippen molar-refractivity contribution in [1.82, 2.24) is 31.5 Å². The van der Waals surface area contributed by atoms with E-state index in [1.807, 2.05) is 0 Å². The molecular weight excluding hydrogens is 574 g/mol. The van der Waals surface area contributed by atoms with E-state index in [-0.39, 0.29) is 50.7 Å². The minimum atomic E-state index is -1.03. The minimum Gasteiger partial charge on any atom is -0.370 e. The van der Waals surface area contributed by atoms with E-state index in [0.717, 1.165) is 5.56 Å². The first-order valence-corrected chi connectivity index (χ1v) is 14.4. The molecule has 15 heteroatoms. The summed E-state index contributed by atoms with van der Waals surface area (Å²) in [5, 5.41) is 22.1. The highest BCUT2D eigenvalue weighted by molar-refractivity contribution is 5.93. The van der Waals surface area contributed by atoms with Crippen LogP contribution in [0.2, 0.25) is 0 Å². The van der Waals surface area contributed by atoms with E-state index >= 15 is 0 Å². The molecule has 1 aliphatic heterocycles. The summed E-state index contributed by atoms with van der Waals surface area (Å²) in [6, 6.07) is 7.88. The second-order valence-corrected chi connectivity index (χ2v) is 10.1. The maximum Gasteiger partial charge on any atom is 0.248 e. The molecule has 0 aromatic heterocycles. The van der Waals surface area contributed by atoms with Crippen LogP contribution in [-0.4, -0.2) is 96.4 Å². The topological polar surface area (TPSA) is 229 Å². The van der Waals surface area contributed by atoms with Gasteiger partial charge in [-0.3, -0.25) is 33.6 Å². The number of unbranched alkanes of at least 4 members (excludes halogenated alkanes) is 2. The first-order chi connectivity index (χ1) is 21.0. The monoisotopic (exact) mass is 615 g/mol. The Bertz CT molecular complexity index is 1190. The Balaban J connectivity index is 1.69. The molecule has 1 heterocycles. The van der Waals surface area contributed by atoms with Gasteiger partial charge in [0.1, 0.15) is 12.3 Å². The Kier molecular flexibility index (Phi) is 15.6. The standard InChI is InChI=1S/C29H41N7O8/c30-22(37)10-7-14-31-24(39)18-34-29(44)21(16-20-8-3-1-4-9-20)35-26(41)19-33-25(40)17-32-23(38)11-5-2-6-15-36-27(42)12-13-28(36)43/h1,3-4,8-9,12-13,21,27,42H,2,5-7,10-11,14-19H2,(H2,30,37)(H,31,39)(H,32,38)(H,33,40)(H,34,44)(H,35,41). The van der Waals surface area contributed by atoms with Gasteiger partial charge < -0.3 is 42.3 Å². The van der Waals surface area contributed by atoms with Crippen LogP contribution < -0.4 is 32.3 Å². The molecule has 15 nitrogen and oxygen atoms in total. The molecule has 2 atom stereocenters. The summed E-state index contributed by atoms with van der Waals surface area (Å²) in [6.45, 7) is -0.528. The van der Waals surface area contributed by atoms with Crippen LogP contribution in [0, 0.1) is 0 Å². The molecule has 1 aromatic rings. The van der Waals surface area contributed by atoms with Gasteiger partial charge in [-0.05, 0) is 30.9 Å². The normalized spacial score (nSPS) is 14.4. The molecule has 1 aliphatic rings. The van der Waals surface area contributed by atoms with E-state index in [9.17, 15) is 38.7 Å². The van der Waals surface area contributed by atoms with Crippen molar-refractivity contribution in [2.24, 2.45) is 5.73 Å². The number of nitrogens with two attached hydrogens (primary N) is 1. The number of carbonyl (C=O) groups is 7. The number of benzene rings is 1. The molecular formula is C29H41N7O8. The third-order valence-corrected chi connectivity index (χ3v) is 6.49. The van der Waals surface area contributed by atoms with Crippen LogP contribution in [0.15, 0.2) is 42.5 Å². The lowest BCUT2D eigenvalue weighted by molar-refractivity contribution is -0.131. The number of aliphatic hydroxyl groups excluding tert-OH is 1. The van der Waals surface area contributed by atoms with E-state index in [1.54, 1.807) is 30.3 Å². The zero-order valence-electron chi connectivity index (χ0n) is 24.5. The van der Waals surface area contributed by atoms with Crippen LogP contribution in [0.25, 0.3) is 0 Å². The molecule has 0 aliphatic carbocycles. The number of primary amides is 1. The highest BCUT2D eigenvalue weighted by Crippen LogP contribution is 2.11. The molecule has 0 spiro atoms. The number of carbonyl (C=O) groups excluding carboxylic acids is 7. The van der Waals surface area contributed by atoms with E-state index in [4.69, 9.17) is 5.73 Å². The summed E-state index contributed by atoms with van der Waals surface area (Å²) in [4.78, 5) is 85.2. The van der Waals surface area contributed by atoms with E-state index in [2.05, 4.69) is 26.6 Å². The largest absolute Gasteiger partial charge is 0.370 e. The smallest absolute Gasteiger partial charge is 0.248 e. The highest BCUT2D eigenvalue weighted by atomic mass is 16.3. The van der Waals surface area contributed by atoms with Crippen molar-refractivity contribution in [3.8, 4) is 0 Å². The number of hydrogen-bond acceptors (Lipinski definition) is 8. The summed E-state index contributed by atoms with van der Waals surface area (Å²) in [5.74, 6) is -3.40. The predicted molar refractivity (Wildman–Crippen MR) is 158 cm³/mol. The molecule has 1 aromatic carbocycles. The van der Waals surface area contributed by atoms with Crippen LogP contribution >= 0.6 is 0 Å². The van der Waals surface area contributed by atoms with Crippen molar-refractivity contribution in [2.75, 3.05) is 32.7 Å². The second kappa shape index (κ2) is 19.4. The third kappa shape index (κ3) is 14.4. The summed E-state index contributed by atoms with van der Waals surface area (Å²) in [5.41, 5.74) is 5.82. The Morgan fingerprint density at radius 2 is 1.45 bits per heavy atom. The van der Waals surface area contributed by atoms with Crippen LogP contribution in [-0.2, 0) is 40.0 Å². The maximum atomic E-state index is 12.8. The molecule has 0 saturated heterocycles. The summed E-state index contributed by atoms with van der Waals surface area (Å²) >= 11 is 0. The van der Waals surface area contributed by atoms with Crippen LogP contribution in [0.4, 0.5) is 0 Å². The number of amides is 7. The molecule has 2 unspecified atom stereocenters. The molecule has 0 saturated carbocycles. The molecule has 7 amide bonds. The first kappa shape index (κ1) is 35.4. The van der Waals surface area contributed by atoms with Crippen LogP contribution in [0.3, 0.4) is 0 Å². The first-order valence-electron chi connectivity index (χ1n) is 14.4. The summed E-state index contributed by atoms with van der Waals surface area (Å²) in [6.07, 6.45) is 4.40. The number of nitrogens with one attached hydrogen (secondary N) is 5. The Hall–Kier alpha value is -4.79. The van der Waals surface area contributed by atoms with Crippen LogP contribution in [0.5, 0.6) is 0 Å². The molecule has 0 radical (unpaired) electrons. The summed E-state index contributed by atoms with van der Waals surface area (Å²) in [7, 11) is 0. The quantitative estimate of drug-likeness (QED) is 0.0789. The zero-order valence-corrected chi connectivity index (χ0v) is 24.5. The molecule has 44 heavy (non-hydrogen) atoms. The van der Waals surface area contributed by atoms with E-state index < -0.39 is 48.4 Å². The van der Waals surface area contributed by atoms with Gasteiger partial charge in [-0.2, -0.15) is 0 Å². The molecule has 240 valence electrons. The number of hydrogen-bond donors (Lipinski definition) is 7. The fraction of sp³-hybridized carbons (Fsp3) is 0.483. The van der Waals surface area contributed by atoms with Crippen LogP contribution in [0.1, 0.15) is 44.1 Å². The Morgan fingerprint density at radius 3 is 2.14 bits per heavy atom. The SMILES string of the molecule is NC(=O)CCCNC(=O)CNC(=O)C(Cc1ccccc1)NC(=O)CNC(=O)CNC(=O)CCCCCN1C(=O)C=CC1O. The van der Waals surface area contributed by atoms with Gasteiger partial charge in [-0.15, -0.1) is 0 Å². The van der Waals surface area contributed by atoms with Crippen molar-refractivity contribution in [1.29, 1.82) is 0 Å². The van der Waals surface area contributed by atoms with Gasteiger partial charge in [-0.25, -0.2) is 0 Å². The van der Waals surface area contributed by atoms with Gasteiger partial charge in [0.05, 0.1) is 19.6 Å². The van der Waals surface area contributed by atoms with E-state index in [0.29, 0.717) is 32.2 Å². The van der Waals surface area contributed by atoms with Gasteiger partial charge in [0.25, 0.3) is 0 Å². The Morgan fingerprint density at radius 1 is 0.795 bits per heavy atom. The van der Waals surface area contributed by atoms with Crippen molar-refractivity contribution < 1.29 is 38.7 Å². The van der Waals surface area contributed by atoms with Crippen molar-refractivity contribution in [2.45, 2.75) is 57.2 Å². The van der Waals surface area contributed by atoms with Gasteiger partial charge in [0, 0.05) is 38.4 Å². The summed E-state index contributed by atoms with van der Waals surface area (Å²) < 4.78 is 0. The lowest BCUT2D eigenvalue weighted by Crippen LogP contribution is -2.52. The second-order valence-electron chi connectivity index (χ2n) is 10.1. The molecule has 0 fully saturated rings. The average molecular weight is 616 g/mol. The van der Waals surface area contributed by atoms with Gasteiger partial charge in [0.15, 0.2) is 0 Å². The number of aliphatic hydroxyl groups is 1. The third-order valence-electron chi connectivity index (χ3n) is 6.49. The fourth-order valence-corrected chi connectivity index (χ4v) is 4.14. The number of rotatable bonds is 20. The molecule has 0 bridgehead atoms. The fourth-order valence-electron chi connectivity index (χ4n) is 4.14. The predicted octanol–water partition coefficient (Wildman–Crippen LogP) is -2.28. The number of nitrogens with zero attached hydrogens (tertiary/aromatic N) is 1. The van der Waals surface area contributed by atoms with Gasteiger partial charge >= 0.3 is 0 Å². The molecule has 8 N–H and O–H groups in total. The molecule has 2 rings (SSSR count). The lowest BCUT2D eigenvalue weighted by atomic mass is 10.1. The highest BCUT2D eigenvalue weighted by Gasteiger charge is 2.23.